The molecule has 9 nitrogen and oxygen atoms in total. The van der Waals surface area contributed by atoms with Crippen LogP contribution in [0.5, 0.6) is 11.5 Å². The number of carboxylic acid groups (broad SMARTS) is 1. The van der Waals surface area contributed by atoms with Crippen LogP contribution in [0.1, 0.15) is 78.9 Å². The van der Waals surface area contributed by atoms with Crippen molar-refractivity contribution < 1.29 is 38.5 Å². The van der Waals surface area contributed by atoms with Gasteiger partial charge in [-0.3, -0.25) is 14.4 Å². The van der Waals surface area contributed by atoms with Crippen molar-refractivity contribution in [2.45, 2.75) is 71.8 Å². The molecule has 2 aliphatic heterocycles. The lowest BCUT2D eigenvalue weighted by molar-refractivity contribution is -0.139. The molecule has 0 unspecified atom stereocenters. The van der Waals surface area contributed by atoms with Gasteiger partial charge < -0.3 is 24.2 Å². The Morgan fingerprint density at radius 2 is 1.77 bits per heavy atom. The largest absolute Gasteiger partial charge is 0.496 e. The zero-order valence-corrected chi connectivity index (χ0v) is 20.6. The van der Waals surface area contributed by atoms with Crippen molar-refractivity contribution in [2.24, 2.45) is 0 Å². The Bertz CT molecular complexity index is 1040. The number of ether oxygens (including phenoxy) is 3. The van der Waals surface area contributed by atoms with Crippen LogP contribution in [-0.2, 0) is 32.1 Å². The van der Waals surface area contributed by atoms with Crippen molar-refractivity contribution in [3.05, 3.63) is 33.9 Å². The van der Waals surface area contributed by atoms with Crippen LogP contribution in [0.2, 0.25) is 0 Å². The zero-order chi connectivity index (χ0) is 25.5. The number of hydrogen-bond donors (Lipinski definition) is 1. The third-order valence-electron chi connectivity index (χ3n) is 6.48. The Kier molecular flexibility index (Phi) is 8.89. The van der Waals surface area contributed by atoms with E-state index in [0.717, 1.165) is 30.4 Å². The maximum atomic E-state index is 12.8. The van der Waals surface area contributed by atoms with Crippen molar-refractivity contribution in [1.82, 2.24) is 4.90 Å². The number of carbonyl (C=O) groups excluding carboxylic acids is 3. The molecule has 1 amide bonds. The Morgan fingerprint density at radius 1 is 1.06 bits per heavy atom. The summed E-state index contributed by atoms with van der Waals surface area (Å²) >= 11 is 0. The molecule has 0 aromatic heterocycles. The Hall–Kier alpha value is -3.36. The van der Waals surface area contributed by atoms with Crippen LogP contribution >= 0.6 is 0 Å². The molecule has 1 N–H and O–H groups in total. The minimum Gasteiger partial charge on any atom is -0.496 e. The number of carbonyl (C=O) groups is 4. The second-order valence-electron chi connectivity index (χ2n) is 8.96. The van der Waals surface area contributed by atoms with Crippen molar-refractivity contribution in [2.75, 3.05) is 20.2 Å². The number of aliphatic carboxylic acids is 1. The second kappa shape index (κ2) is 11.9. The number of amides is 1. The summed E-state index contributed by atoms with van der Waals surface area (Å²) in [6, 6.07) is 0. The van der Waals surface area contributed by atoms with Crippen LogP contribution in [-0.4, -0.2) is 54.0 Å². The summed E-state index contributed by atoms with van der Waals surface area (Å²) in [5.41, 5.74) is 2.88. The highest BCUT2D eigenvalue weighted by molar-refractivity contribution is 5.99. The molecule has 0 saturated carbocycles. The van der Waals surface area contributed by atoms with E-state index in [2.05, 4.69) is 0 Å². The van der Waals surface area contributed by atoms with E-state index < -0.39 is 17.9 Å². The summed E-state index contributed by atoms with van der Waals surface area (Å²) in [7, 11) is 1.50. The molecule has 1 saturated heterocycles. The number of allylic oxidation sites excluding steroid dienone is 2. The average molecular weight is 488 g/mol. The minimum absolute atomic E-state index is 0.00188. The first-order valence-electron chi connectivity index (χ1n) is 12.0. The van der Waals surface area contributed by atoms with Crippen molar-refractivity contribution >= 4 is 23.8 Å². The molecule has 2 aliphatic rings. The van der Waals surface area contributed by atoms with Gasteiger partial charge in [0.1, 0.15) is 17.9 Å². The van der Waals surface area contributed by atoms with Gasteiger partial charge in [0.25, 0.3) is 0 Å². The zero-order valence-electron chi connectivity index (χ0n) is 20.6. The van der Waals surface area contributed by atoms with Gasteiger partial charge >= 0.3 is 17.9 Å². The Labute approximate surface area is 205 Å². The molecule has 0 bridgehead atoms. The van der Waals surface area contributed by atoms with Gasteiger partial charge in [-0.05, 0) is 51.5 Å². The molecule has 1 fully saturated rings. The quantitative estimate of drug-likeness (QED) is 0.301. The molecule has 3 rings (SSSR count). The van der Waals surface area contributed by atoms with E-state index in [1.165, 1.54) is 7.11 Å². The van der Waals surface area contributed by atoms with Crippen molar-refractivity contribution in [1.29, 1.82) is 0 Å². The first-order chi connectivity index (χ1) is 16.7. The summed E-state index contributed by atoms with van der Waals surface area (Å²) < 4.78 is 16.6. The summed E-state index contributed by atoms with van der Waals surface area (Å²) in [6.07, 6.45) is 5.46. The fraction of sp³-hybridized carbons (Fsp3) is 0.538. The molecular weight excluding hydrogens is 454 g/mol. The van der Waals surface area contributed by atoms with Crippen LogP contribution in [0.15, 0.2) is 11.6 Å². The predicted molar refractivity (Wildman–Crippen MR) is 126 cm³/mol. The summed E-state index contributed by atoms with van der Waals surface area (Å²) in [5.74, 6) is -1.59. The lowest BCUT2D eigenvalue weighted by atomic mass is 9.94. The fourth-order valence-electron chi connectivity index (χ4n) is 4.48. The maximum Gasteiger partial charge on any atom is 0.342 e. The fourth-order valence-corrected chi connectivity index (χ4v) is 4.48. The first-order valence-corrected chi connectivity index (χ1v) is 12.0. The van der Waals surface area contributed by atoms with Gasteiger partial charge in [0, 0.05) is 37.1 Å². The molecule has 2 heterocycles. The number of rotatable bonds is 10. The van der Waals surface area contributed by atoms with Crippen LogP contribution in [0.4, 0.5) is 0 Å². The Morgan fingerprint density at radius 3 is 2.43 bits per heavy atom. The lowest BCUT2D eigenvalue weighted by Gasteiger charge is -2.26. The SMILES string of the molecule is COc1c(C)c2c(c(OC(=O)CCC(=O)N3CCCCC3)c1C/C=C(\C)CCC(=O)O)C(=O)OC2. The number of benzene rings is 1. The third-order valence-corrected chi connectivity index (χ3v) is 6.48. The van der Waals surface area contributed by atoms with E-state index in [0.29, 0.717) is 36.4 Å². The van der Waals surface area contributed by atoms with E-state index in [4.69, 9.17) is 19.3 Å². The second-order valence-corrected chi connectivity index (χ2v) is 8.96. The molecule has 0 atom stereocenters. The molecule has 0 aliphatic carbocycles. The molecule has 9 heteroatoms. The van der Waals surface area contributed by atoms with Gasteiger partial charge in [-0.25, -0.2) is 4.79 Å². The summed E-state index contributed by atoms with van der Waals surface area (Å²) in [5, 5.41) is 8.93. The number of piperidine rings is 1. The molecule has 190 valence electrons. The highest BCUT2D eigenvalue weighted by Crippen LogP contribution is 2.43. The van der Waals surface area contributed by atoms with Crippen LogP contribution < -0.4 is 9.47 Å². The highest BCUT2D eigenvalue weighted by atomic mass is 16.6. The van der Waals surface area contributed by atoms with Gasteiger partial charge in [0.05, 0.1) is 13.5 Å². The molecule has 1 aromatic carbocycles. The van der Waals surface area contributed by atoms with Gasteiger partial charge in [-0.15, -0.1) is 0 Å². The van der Waals surface area contributed by atoms with Gasteiger partial charge in [-0.2, -0.15) is 0 Å². The molecule has 0 spiro atoms. The van der Waals surface area contributed by atoms with Gasteiger partial charge in [0.2, 0.25) is 5.91 Å². The van der Waals surface area contributed by atoms with Crippen molar-refractivity contribution in [3.8, 4) is 11.5 Å². The number of carboxylic acids is 1. The normalized spacial score (nSPS) is 15.5. The molecule has 1 aromatic rings. The number of cyclic esters (lactones) is 1. The van der Waals surface area contributed by atoms with E-state index in [-0.39, 0.29) is 49.5 Å². The van der Waals surface area contributed by atoms with Crippen LogP contribution in [0, 0.1) is 6.92 Å². The lowest BCUT2D eigenvalue weighted by Crippen LogP contribution is -2.35. The number of nitrogens with zero attached hydrogens (tertiary/aromatic N) is 1. The standard InChI is InChI=1S/C26H33NO8/c1-16(8-11-21(29)30)7-9-18-24(33-3)17(2)19-15-34-26(32)23(19)25(18)35-22(31)12-10-20(28)27-13-5-4-6-14-27/h7H,4-6,8-15H2,1-3H3,(H,29,30)/b16-7+. The van der Waals surface area contributed by atoms with E-state index in [1.54, 1.807) is 4.90 Å². The van der Waals surface area contributed by atoms with Crippen LogP contribution in [0.3, 0.4) is 0 Å². The molecule has 0 radical (unpaired) electrons. The number of esters is 2. The highest BCUT2D eigenvalue weighted by Gasteiger charge is 2.34. The number of hydrogen-bond acceptors (Lipinski definition) is 7. The molecular formula is C26H33NO8. The smallest absolute Gasteiger partial charge is 0.342 e. The Balaban J connectivity index is 1.85. The average Bonchev–Trinajstić information content (AvgIpc) is 3.24. The van der Waals surface area contributed by atoms with E-state index in [1.807, 2.05) is 19.9 Å². The molecule has 35 heavy (non-hydrogen) atoms. The van der Waals surface area contributed by atoms with Crippen LogP contribution in [0.25, 0.3) is 0 Å². The van der Waals surface area contributed by atoms with E-state index in [9.17, 15) is 19.2 Å². The first kappa shape index (κ1) is 26.2. The third kappa shape index (κ3) is 6.41. The van der Waals surface area contributed by atoms with E-state index >= 15 is 0 Å². The predicted octanol–water partition coefficient (Wildman–Crippen LogP) is 3.73. The summed E-state index contributed by atoms with van der Waals surface area (Å²) in [6.45, 7) is 5.11. The number of fused-ring (bicyclic) bond motifs is 1. The maximum absolute atomic E-state index is 12.8. The van der Waals surface area contributed by atoms with Crippen molar-refractivity contribution in [3.63, 3.8) is 0 Å². The topological polar surface area (TPSA) is 119 Å². The summed E-state index contributed by atoms with van der Waals surface area (Å²) in [4.78, 5) is 50.5. The monoisotopic (exact) mass is 487 g/mol. The number of likely N-dealkylation sites (tertiary alicyclic amines) is 1. The van der Waals surface area contributed by atoms with Gasteiger partial charge in [-0.1, -0.05) is 11.6 Å². The van der Waals surface area contributed by atoms with Gasteiger partial charge in [0.15, 0.2) is 5.75 Å². The number of methoxy groups -OCH3 is 1. The minimum atomic E-state index is -0.889.